The maximum Gasteiger partial charge on any atom is 0.239 e. The van der Waals surface area contributed by atoms with Crippen LogP contribution in [0.15, 0.2) is 30.4 Å². The van der Waals surface area contributed by atoms with Crippen molar-refractivity contribution in [2.45, 2.75) is 0 Å². The van der Waals surface area contributed by atoms with E-state index in [1.54, 1.807) is 17.1 Å². The van der Waals surface area contributed by atoms with E-state index in [-0.39, 0.29) is 5.91 Å². The lowest BCUT2D eigenvalue weighted by atomic mass is 10.5. The van der Waals surface area contributed by atoms with Gasteiger partial charge in [-0.15, -0.1) is 18.3 Å². The van der Waals surface area contributed by atoms with Crippen LogP contribution in [0, 0.1) is 0 Å². The minimum atomic E-state index is 0.0282. The number of hydrazone groups is 1. The second-order valence-corrected chi connectivity index (χ2v) is 4.44. The van der Waals surface area contributed by atoms with Gasteiger partial charge in [0.1, 0.15) is 0 Å². The van der Waals surface area contributed by atoms with Crippen LogP contribution in [-0.4, -0.2) is 39.9 Å². The minimum Gasteiger partial charge on any atom is -0.358 e. The molecule has 1 heterocycles. The van der Waals surface area contributed by atoms with E-state index in [0.717, 1.165) is 0 Å². The molecule has 0 saturated carbocycles. The third-order valence-corrected chi connectivity index (χ3v) is 3.03. The molecule has 0 spiro atoms. The van der Waals surface area contributed by atoms with Crippen molar-refractivity contribution in [3.8, 4) is 0 Å². The molecule has 17 heavy (non-hydrogen) atoms. The number of carbonyl (C=O) groups excluding carboxylic acids is 1. The summed E-state index contributed by atoms with van der Waals surface area (Å²) in [5.74, 6) is 0.432. The van der Waals surface area contributed by atoms with E-state index in [1.807, 2.05) is 0 Å². The Morgan fingerprint density at radius 2 is 2.35 bits per heavy atom. The number of rotatable bonds is 5. The maximum atomic E-state index is 11.5. The van der Waals surface area contributed by atoms with Crippen molar-refractivity contribution in [3.05, 3.63) is 25.3 Å². The quantitative estimate of drug-likeness (QED) is 0.437. The maximum absolute atomic E-state index is 11.5. The lowest BCUT2D eigenvalue weighted by molar-refractivity contribution is -0.123. The van der Waals surface area contributed by atoms with Crippen molar-refractivity contribution in [1.82, 2.24) is 15.6 Å². The topological polar surface area (TPSA) is 56.7 Å². The molecule has 0 bridgehead atoms. The first-order chi connectivity index (χ1) is 8.19. The van der Waals surface area contributed by atoms with E-state index >= 15 is 0 Å². The largest absolute Gasteiger partial charge is 0.358 e. The van der Waals surface area contributed by atoms with E-state index in [2.05, 4.69) is 29.0 Å². The summed E-state index contributed by atoms with van der Waals surface area (Å²) in [6.45, 7) is 8.19. The second-order valence-electron chi connectivity index (χ2n) is 3.09. The van der Waals surface area contributed by atoms with Gasteiger partial charge in [0.2, 0.25) is 5.91 Å². The van der Waals surface area contributed by atoms with Crippen LogP contribution >= 0.6 is 24.0 Å². The van der Waals surface area contributed by atoms with Crippen LogP contribution in [0.25, 0.3) is 0 Å². The Morgan fingerprint density at radius 1 is 1.59 bits per heavy atom. The van der Waals surface area contributed by atoms with Crippen LogP contribution in [-0.2, 0) is 4.79 Å². The number of thioether (sulfide) groups is 1. The van der Waals surface area contributed by atoms with Crippen molar-refractivity contribution >= 4 is 40.2 Å². The molecule has 92 valence electrons. The van der Waals surface area contributed by atoms with Crippen LogP contribution in [0.5, 0.6) is 0 Å². The molecule has 0 aliphatic carbocycles. The number of amides is 1. The van der Waals surface area contributed by atoms with Crippen molar-refractivity contribution in [2.75, 3.05) is 18.8 Å². The number of hydrogen-bond donors (Lipinski definition) is 2. The fourth-order valence-electron chi connectivity index (χ4n) is 1.09. The molecule has 0 atom stereocenters. The van der Waals surface area contributed by atoms with Crippen LogP contribution in [0.3, 0.4) is 0 Å². The Balaban J connectivity index is 2.53. The van der Waals surface area contributed by atoms with Crippen molar-refractivity contribution in [1.29, 1.82) is 0 Å². The smallest absolute Gasteiger partial charge is 0.239 e. The highest BCUT2D eigenvalue weighted by Crippen LogP contribution is 2.18. The van der Waals surface area contributed by atoms with E-state index in [9.17, 15) is 4.79 Å². The number of nitrogens with one attached hydrogen (secondary N) is 2. The monoisotopic (exact) mass is 270 g/mol. The van der Waals surface area contributed by atoms with Gasteiger partial charge in [-0.25, -0.2) is 0 Å². The molecule has 0 radical (unpaired) electrons. The first kappa shape index (κ1) is 13.7. The molecule has 1 saturated heterocycles. The molecule has 1 rings (SSSR count). The molecule has 1 aliphatic heterocycles. The zero-order chi connectivity index (χ0) is 12.7. The fourth-order valence-corrected chi connectivity index (χ4v) is 2.07. The summed E-state index contributed by atoms with van der Waals surface area (Å²) in [5, 5.41) is 7.96. The van der Waals surface area contributed by atoms with Gasteiger partial charge >= 0.3 is 0 Å². The lowest BCUT2D eigenvalue weighted by Crippen LogP contribution is -2.35. The highest BCUT2D eigenvalue weighted by atomic mass is 32.2. The predicted octanol–water partition coefficient (Wildman–Crippen LogP) is 0.669. The molecule has 0 aromatic heterocycles. The summed E-state index contributed by atoms with van der Waals surface area (Å²) >= 11 is 6.35. The Hall–Kier alpha value is -1.34. The molecule has 0 aromatic rings. The Labute approximate surface area is 110 Å². The van der Waals surface area contributed by atoms with Gasteiger partial charge in [0, 0.05) is 13.1 Å². The first-order valence-corrected chi connectivity index (χ1v) is 6.35. The van der Waals surface area contributed by atoms with Gasteiger partial charge in [-0.3, -0.25) is 15.1 Å². The average Bonchev–Trinajstić information content (AvgIpc) is 2.66. The van der Waals surface area contributed by atoms with Crippen molar-refractivity contribution < 1.29 is 4.79 Å². The van der Waals surface area contributed by atoms with Crippen LogP contribution in [0.1, 0.15) is 0 Å². The van der Waals surface area contributed by atoms with Gasteiger partial charge < -0.3 is 5.32 Å². The Morgan fingerprint density at radius 3 is 3.00 bits per heavy atom. The van der Waals surface area contributed by atoms with E-state index < -0.39 is 0 Å². The number of amidine groups is 1. The van der Waals surface area contributed by atoms with Crippen LogP contribution in [0.4, 0.5) is 0 Å². The van der Waals surface area contributed by atoms with Crippen molar-refractivity contribution in [3.63, 3.8) is 0 Å². The number of nitrogens with zero attached hydrogens (tertiary/aromatic N) is 2. The van der Waals surface area contributed by atoms with Gasteiger partial charge in [-0.2, -0.15) is 0 Å². The van der Waals surface area contributed by atoms with Gasteiger partial charge in [-0.05, 0) is 12.2 Å². The minimum absolute atomic E-state index is 0.0282. The number of hydrogen-bond acceptors (Lipinski definition) is 4. The first-order valence-electron chi connectivity index (χ1n) is 4.95. The number of thiocarbonyl (C=S) groups is 1. The van der Waals surface area contributed by atoms with Gasteiger partial charge in [0.15, 0.2) is 10.3 Å². The SMILES string of the molecule is C=CCNC(=S)NN=C1SCC(=O)N1CC=C. The van der Waals surface area contributed by atoms with Crippen molar-refractivity contribution in [2.24, 2.45) is 5.10 Å². The highest BCUT2D eigenvalue weighted by molar-refractivity contribution is 8.15. The summed E-state index contributed by atoms with van der Waals surface area (Å²) in [6, 6.07) is 0. The molecule has 2 N–H and O–H groups in total. The lowest BCUT2D eigenvalue weighted by Gasteiger charge is -2.13. The number of carbonyl (C=O) groups is 1. The van der Waals surface area contributed by atoms with Crippen LogP contribution < -0.4 is 10.7 Å². The summed E-state index contributed by atoms with van der Waals surface area (Å²) < 4.78 is 0. The average molecular weight is 270 g/mol. The fraction of sp³-hybridized carbons (Fsp3) is 0.300. The summed E-state index contributed by atoms with van der Waals surface area (Å²) in [7, 11) is 0. The molecule has 5 nitrogen and oxygen atoms in total. The molecule has 1 amide bonds. The zero-order valence-corrected chi connectivity index (χ0v) is 10.9. The molecule has 1 fully saturated rings. The molecular weight excluding hydrogens is 256 g/mol. The van der Waals surface area contributed by atoms with Gasteiger partial charge in [0.05, 0.1) is 5.75 Å². The standard InChI is InChI=1S/C10H14N4OS2/c1-3-5-11-9(16)12-13-10-14(6-4-2)8(15)7-17-10/h3-4H,1-2,5-7H2,(H2,11,12,16). The van der Waals surface area contributed by atoms with Gasteiger partial charge in [0.25, 0.3) is 0 Å². The molecule has 0 aromatic carbocycles. The molecule has 0 unspecified atom stereocenters. The van der Waals surface area contributed by atoms with E-state index in [0.29, 0.717) is 29.1 Å². The van der Waals surface area contributed by atoms with Crippen LogP contribution in [0.2, 0.25) is 0 Å². The summed E-state index contributed by atoms with van der Waals surface area (Å²) in [6.07, 6.45) is 3.35. The van der Waals surface area contributed by atoms with Gasteiger partial charge in [-0.1, -0.05) is 23.9 Å². The second kappa shape index (κ2) is 7.08. The van der Waals surface area contributed by atoms with E-state index in [4.69, 9.17) is 12.2 Å². The molecule has 7 heteroatoms. The zero-order valence-electron chi connectivity index (χ0n) is 9.31. The third kappa shape index (κ3) is 4.20. The third-order valence-electron chi connectivity index (χ3n) is 1.83. The molecule has 1 aliphatic rings. The Kier molecular flexibility index (Phi) is 5.71. The summed E-state index contributed by atoms with van der Waals surface area (Å²) in [5.41, 5.74) is 2.68. The Bertz CT molecular complexity index is 367. The summed E-state index contributed by atoms with van der Waals surface area (Å²) in [4.78, 5) is 13.0. The normalized spacial score (nSPS) is 17.1. The molecular formula is C10H14N4OS2. The highest BCUT2D eigenvalue weighted by Gasteiger charge is 2.27. The predicted molar refractivity (Wildman–Crippen MR) is 75.7 cm³/mol. The van der Waals surface area contributed by atoms with E-state index in [1.165, 1.54) is 11.8 Å².